The highest BCUT2D eigenvalue weighted by molar-refractivity contribution is 6.32. The summed E-state index contributed by atoms with van der Waals surface area (Å²) in [6, 6.07) is 3.73. The highest BCUT2D eigenvalue weighted by Gasteiger charge is 2.13. The minimum atomic E-state index is 0.504. The molecule has 7 nitrogen and oxygen atoms in total. The van der Waals surface area contributed by atoms with Crippen molar-refractivity contribution in [1.29, 1.82) is 0 Å². The van der Waals surface area contributed by atoms with E-state index < -0.39 is 0 Å². The van der Waals surface area contributed by atoms with Crippen LogP contribution < -0.4 is 14.8 Å². The van der Waals surface area contributed by atoms with Gasteiger partial charge >= 0.3 is 0 Å². The van der Waals surface area contributed by atoms with Gasteiger partial charge in [-0.15, -0.1) is 6.58 Å². The second-order valence-electron chi connectivity index (χ2n) is 4.60. The molecule has 0 saturated carbocycles. The highest BCUT2D eigenvalue weighted by atomic mass is 35.5. The van der Waals surface area contributed by atoms with Crippen molar-refractivity contribution in [2.75, 3.05) is 18.5 Å². The van der Waals surface area contributed by atoms with Crippen LogP contribution in [-0.2, 0) is 13.1 Å². The molecule has 1 N–H and O–H groups in total. The van der Waals surface area contributed by atoms with Gasteiger partial charge in [-0.3, -0.25) is 0 Å². The Hall–Kier alpha value is -2.28. The summed E-state index contributed by atoms with van der Waals surface area (Å²) >= 11 is 6.30. The van der Waals surface area contributed by atoms with Crippen molar-refractivity contribution < 1.29 is 9.47 Å². The molecule has 0 amide bonds. The van der Waals surface area contributed by atoms with Crippen molar-refractivity contribution in [3.05, 3.63) is 35.4 Å². The van der Waals surface area contributed by atoms with Gasteiger partial charge in [-0.05, 0) is 42.0 Å². The lowest BCUT2D eigenvalue weighted by molar-refractivity contribution is 0.287. The molecule has 1 heterocycles. The van der Waals surface area contributed by atoms with Crippen LogP contribution in [0.2, 0.25) is 5.02 Å². The molecule has 23 heavy (non-hydrogen) atoms. The van der Waals surface area contributed by atoms with Gasteiger partial charge in [-0.2, -0.15) is 0 Å². The summed E-state index contributed by atoms with van der Waals surface area (Å²) in [6.07, 6.45) is 1.72. The Balaban J connectivity index is 2.16. The van der Waals surface area contributed by atoms with Gasteiger partial charge in [0.15, 0.2) is 11.5 Å². The fourth-order valence-corrected chi connectivity index (χ4v) is 2.32. The van der Waals surface area contributed by atoms with E-state index >= 15 is 0 Å². The smallest absolute Gasteiger partial charge is 0.243 e. The Morgan fingerprint density at radius 1 is 1.30 bits per heavy atom. The quantitative estimate of drug-likeness (QED) is 0.709. The van der Waals surface area contributed by atoms with Crippen LogP contribution in [0, 0.1) is 0 Å². The van der Waals surface area contributed by atoms with Gasteiger partial charge < -0.3 is 14.8 Å². The maximum Gasteiger partial charge on any atom is 0.243 e. The Kier molecular flexibility index (Phi) is 6.22. The number of rotatable bonds is 9. The van der Waals surface area contributed by atoms with Crippen LogP contribution >= 0.6 is 11.6 Å². The molecule has 1 aromatic carbocycles. The summed E-state index contributed by atoms with van der Waals surface area (Å²) in [7, 11) is 0. The van der Waals surface area contributed by atoms with E-state index in [0.717, 1.165) is 5.56 Å². The summed E-state index contributed by atoms with van der Waals surface area (Å²) in [5.74, 6) is 1.76. The van der Waals surface area contributed by atoms with E-state index in [9.17, 15) is 0 Å². The number of tetrazole rings is 1. The second kappa shape index (κ2) is 8.38. The first-order valence-corrected chi connectivity index (χ1v) is 7.76. The van der Waals surface area contributed by atoms with E-state index in [1.54, 1.807) is 10.8 Å². The van der Waals surface area contributed by atoms with Gasteiger partial charge in [0.2, 0.25) is 5.95 Å². The van der Waals surface area contributed by atoms with E-state index in [4.69, 9.17) is 21.1 Å². The minimum Gasteiger partial charge on any atom is -0.490 e. The molecule has 1 aromatic heterocycles. The summed E-state index contributed by atoms with van der Waals surface area (Å²) in [4.78, 5) is 0. The number of hydrogen-bond donors (Lipinski definition) is 1. The maximum atomic E-state index is 6.30. The number of halogens is 1. The van der Waals surface area contributed by atoms with Crippen molar-refractivity contribution in [3.63, 3.8) is 0 Å². The molecule has 0 aliphatic heterocycles. The number of benzene rings is 1. The van der Waals surface area contributed by atoms with E-state index in [0.29, 0.717) is 48.8 Å². The molecular formula is C15H20ClN5O2. The predicted molar refractivity (Wildman–Crippen MR) is 89.1 cm³/mol. The summed E-state index contributed by atoms with van der Waals surface area (Å²) < 4.78 is 12.8. The fourth-order valence-electron chi connectivity index (χ4n) is 2.03. The van der Waals surface area contributed by atoms with Gasteiger partial charge in [0.25, 0.3) is 0 Å². The number of hydrogen-bond acceptors (Lipinski definition) is 6. The molecule has 0 radical (unpaired) electrons. The zero-order valence-electron chi connectivity index (χ0n) is 13.3. The lowest BCUT2D eigenvalue weighted by atomic mass is 10.2. The molecule has 0 aliphatic carbocycles. The van der Waals surface area contributed by atoms with E-state index in [1.807, 2.05) is 26.0 Å². The molecular weight excluding hydrogens is 318 g/mol. The summed E-state index contributed by atoms with van der Waals surface area (Å²) in [6.45, 7) is 9.58. The summed E-state index contributed by atoms with van der Waals surface area (Å²) in [5, 5.41) is 15.1. The number of nitrogens with one attached hydrogen (secondary N) is 1. The monoisotopic (exact) mass is 337 g/mol. The number of aromatic nitrogens is 4. The molecule has 8 heteroatoms. The van der Waals surface area contributed by atoms with Crippen LogP contribution in [0.1, 0.15) is 19.4 Å². The molecule has 0 aliphatic rings. The third-order valence-electron chi connectivity index (χ3n) is 2.94. The first kappa shape index (κ1) is 17.1. The molecule has 0 unspecified atom stereocenters. The highest BCUT2D eigenvalue weighted by Crippen LogP contribution is 2.36. The minimum absolute atomic E-state index is 0.504. The zero-order chi connectivity index (χ0) is 16.7. The molecule has 2 rings (SSSR count). The first-order valence-electron chi connectivity index (χ1n) is 7.38. The lowest BCUT2D eigenvalue weighted by Crippen LogP contribution is -2.09. The van der Waals surface area contributed by atoms with Crippen molar-refractivity contribution in [3.8, 4) is 11.5 Å². The standard InChI is InChI=1S/C15H20ClN5O2/c1-4-7-21-15(18-19-20-21)17-10-11-8-12(16)14(23-6-3)13(9-11)22-5-2/h4,8-9H,1,5-7,10H2,2-3H3,(H,17,18,20). The number of nitrogens with zero attached hydrogens (tertiary/aromatic N) is 4. The Morgan fingerprint density at radius 2 is 2.09 bits per heavy atom. The SMILES string of the molecule is C=CCn1nnnc1NCc1cc(Cl)c(OCC)c(OCC)c1. The molecule has 0 saturated heterocycles. The molecule has 0 spiro atoms. The third kappa shape index (κ3) is 4.35. The van der Waals surface area contributed by atoms with Gasteiger partial charge in [-0.1, -0.05) is 22.8 Å². The van der Waals surface area contributed by atoms with Crippen LogP contribution in [0.15, 0.2) is 24.8 Å². The normalized spacial score (nSPS) is 10.4. The van der Waals surface area contributed by atoms with Crippen molar-refractivity contribution >= 4 is 17.5 Å². The molecule has 0 bridgehead atoms. The fraction of sp³-hybridized carbons (Fsp3) is 0.400. The Morgan fingerprint density at radius 3 is 2.78 bits per heavy atom. The third-order valence-corrected chi connectivity index (χ3v) is 3.22. The number of allylic oxidation sites excluding steroid dienone is 1. The van der Waals surface area contributed by atoms with Crippen LogP contribution in [0.4, 0.5) is 5.95 Å². The first-order chi connectivity index (χ1) is 11.2. The average Bonchev–Trinajstić information content (AvgIpc) is 2.97. The predicted octanol–water partition coefficient (Wildman–Crippen LogP) is 2.92. The van der Waals surface area contributed by atoms with Crippen molar-refractivity contribution in [2.24, 2.45) is 0 Å². The molecule has 124 valence electrons. The zero-order valence-corrected chi connectivity index (χ0v) is 14.0. The largest absolute Gasteiger partial charge is 0.490 e. The Labute approximate surface area is 140 Å². The van der Waals surface area contributed by atoms with Gasteiger partial charge in [0.1, 0.15) is 0 Å². The van der Waals surface area contributed by atoms with Crippen LogP contribution in [0.3, 0.4) is 0 Å². The van der Waals surface area contributed by atoms with E-state index in [1.165, 1.54) is 0 Å². The van der Waals surface area contributed by atoms with Gasteiger partial charge in [0.05, 0.1) is 24.8 Å². The average molecular weight is 338 g/mol. The van der Waals surface area contributed by atoms with E-state index in [2.05, 4.69) is 27.4 Å². The Bertz CT molecular complexity index is 659. The van der Waals surface area contributed by atoms with Gasteiger partial charge in [0, 0.05) is 6.54 Å². The number of ether oxygens (including phenoxy) is 2. The van der Waals surface area contributed by atoms with Gasteiger partial charge in [-0.25, -0.2) is 4.68 Å². The van der Waals surface area contributed by atoms with Crippen molar-refractivity contribution in [1.82, 2.24) is 20.2 Å². The number of anilines is 1. The maximum absolute atomic E-state index is 6.30. The topological polar surface area (TPSA) is 74.1 Å². The van der Waals surface area contributed by atoms with Crippen LogP contribution in [-0.4, -0.2) is 33.4 Å². The van der Waals surface area contributed by atoms with E-state index in [-0.39, 0.29) is 0 Å². The van der Waals surface area contributed by atoms with Crippen LogP contribution in [0.25, 0.3) is 0 Å². The summed E-state index contributed by atoms with van der Waals surface area (Å²) in [5.41, 5.74) is 0.940. The molecule has 2 aromatic rings. The molecule has 0 atom stereocenters. The van der Waals surface area contributed by atoms with Crippen LogP contribution in [0.5, 0.6) is 11.5 Å². The lowest BCUT2D eigenvalue weighted by Gasteiger charge is -2.14. The van der Waals surface area contributed by atoms with Crippen molar-refractivity contribution in [2.45, 2.75) is 26.9 Å². The molecule has 0 fully saturated rings. The second-order valence-corrected chi connectivity index (χ2v) is 5.00.